The van der Waals surface area contributed by atoms with Gasteiger partial charge < -0.3 is 26.2 Å². The SMILES string of the molecule is CC(N)(C(F)F)[C@H](NC(=O)c1ccc(C#CC#Cc2ccc(NC3CCOCC3)cc2)cc1)C(=O)O. The van der Waals surface area contributed by atoms with Gasteiger partial charge in [0, 0.05) is 41.6 Å². The average Bonchev–Trinajstić information content (AvgIpc) is 2.86. The number of aliphatic carboxylic acids is 1. The van der Waals surface area contributed by atoms with Gasteiger partial charge in [0.05, 0.1) is 0 Å². The maximum Gasteiger partial charge on any atom is 0.328 e. The highest BCUT2D eigenvalue weighted by Crippen LogP contribution is 2.18. The first-order valence-electron chi connectivity index (χ1n) is 11.3. The largest absolute Gasteiger partial charge is 0.480 e. The monoisotopic (exact) mass is 495 g/mol. The molecular weight excluding hydrogens is 468 g/mol. The molecule has 1 saturated heterocycles. The summed E-state index contributed by atoms with van der Waals surface area (Å²) >= 11 is 0. The molecule has 3 rings (SSSR count). The first-order valence-corrected chi connectivity index (χ1v) is 11.3. The number of halogens is 2. The van der Waals surface area contributed by atoms with Crippen LogP contribution in [0.1, 0.15) is 41.3 Å². The fraction of sp³-hybridized carbons (Fsp3) is 0.333. The number of alkyl halides is 2. The topological polar surface area (TPSA) is 114 Å². The van der Waals surface area contributed by atoms with Crippen LogP contribution in [-0.4, -0.2) is 54.2 Å². The third kappa shape index (κ3) is 7.29. The molecule has 1 aliphatic heterocycles. The lowest BCUT2D eigenvalue weighted by atomic mass is 9.93. The van der Waals surface area contributed by atoms with Gasteiger partial charge in [-0.1, -0.05) is 11.8 Å². The minimum absolute atomic E-state index is 0.0809. The molecule has 2 aromatic rings. The molecule has 1 heterocycles. The number of nitrogens with two attached hydrogens (primary N) is 1. The zero-order valence-corrected chi connectivity index (χ0v) is 19.7. The third-order valence-electron chi connectivity index (χ3n) is 5.71. The van der Waals surface area contributed by atoms with E-state index in [1.807, 2.05) is 24.3 Å². The minimum atomic E-state index is -3.15. The van der Waals surface area contributed by atoms with Crippen molar-refractivity contribution in [2.24, 2.45) is 5.73 Å². The fourth-order valence-electron chi connectivity index (χ4n) is 3.46. The maximum absolute atomic E-state index is 13.1. The molecule has 2 atom stereocenters. The highest BCUT2D eigenvalue weighted by atomic mass is 19.3. The van der Waals surface area contributed by atoms with Gasteiger partial charge in [-0.3, -0.25) is 4.79 Å². The molecule has 36 heavy (non-hydrogen) atoms. The summed E-state index contributed by atoms with van der Waals surface area (Å²) in [5, 5.41) is 14.8. The highest BCUT2D eigenvalue weighted by molar-refractivity contribution is 5.97. The van der Waals surface area contributed by atoms with Crippen LogP contribution in [0.25, 0.3) is 0 Å². The molecule has 1 aliphatic rings. The standard InChI is InChI=1S/C27H27F2N3O4/c1-27(30,26(28)29)23(25(34)35)32-24(33)20-10-6-18(7-11-20)4-2-3-5-19-8-12-21(13-9-19)31-22-14-16-36-17-15-22/h6-13,22-23,26,31H,14-17,30H2,1H3,(H,32,33)(H,34,35)/t23-,27?/m1/s1. The summed E-state index contributed by atoms with van der Waals surface area (Å²) in [6.45, 7) is 2.42. The van der Waals surface area contributed by atoms with Crippen LogP contribution in [0, 0.1) is 23.7 Å². The van der Waals surface area contributed by atoms with Crippen molar-refractivity contribution in [2.45, 2.75) is 43.8 Å². The van der Waals surface area contributed by atoms with Gasteiger partial charge in [0.1, 0.15) is 5.54 Å². The number of hydrogen-bond donors (Lipinski definition) is 4. The quantitative estimate of drug-likeness (QED) is 0.440. The van der Waals surface area contributed by atoms with Crippen LogP contribution in [0.5, 0.6) is 0 Å². The highest BCUT2D eigenvalue weighted by Gasteiger charge is 2.44. The Hall–Kier alpha value is -3.92. The summed E-state index contributed by atoms with van der Waals surface area (Å²) in [7, 11) is 0. The van der Waals surface area contributed by atoms with E-state index in [0.29, 0.717) is 11.6 Å². The van der Waals surface area contributed by atoms with Crippen molar-refractivity contribution in [2.75, 3.05) is 18.5 Å². The van der Waals surface area contributed by atoms with Crippen molar-refractivity contribution < 1.29 is 28.2 Å². The number of hydrogen-bond acceptors (Lipinski definition) is 5. The molecule has 7 nitrogen and oxygen atoms in total. The Bertz CT molecular complexity index is 1180. The molecule has 188 valence electrons. The van der Waals surface area contributed by atoms with Crippen LogP contribution in [0.2, 0.25) is 0 Å². The maximum atomic E-state index is 13.1. The van der Waals surface area contributed by atoms with Gasteiger partial charge in [-0.25, -0.2) is 13.6 Å². The molecule has 0 spiro atoms. The van der Waals surface area contributed by atoms with E-state index in [-0.39, 0.29) is 5.56 Å². The van der Waals surface area contributed by atoms with Gasteiger partial charge in [0.25, 0.3) is 12.3 Å². The number of nitrogens with one attached hydrogen (secondary N) is 2. The normalized spacial score (nSPS) is 15.9. The summed E-state index contributed by atoms with van der Waals surface area (Å²) in [4.78, 5) is 23.7. The summed E-state index contributed by atoms with van der Waals surface area (Å²) in [6.07, 6.45) is -1.18. The van der Waals surface area contributed by atoms with Crippen molar-refractivity contribution in [3.05, 3.63) is 65.2 Å². The average molecular weight is 496 g/mol. The molecule has 0 saturated carbocycles. The number of carboxylic acid groups (broad SMARTS) is 1. The number of ether oxygens (including phenoxy) is 1. The number of benzene rings is 2. The predicted octanol–water partition coefficient (Wildman–Crippen LogP) is 2.85. The van der Waals surface area contributed by atoms with Crippen molar-refractivity contribution in [3.63, 3.8) is 0 Å². The zero-order chi connectivity index (χ0) is 26.1. The second-order valence-electron chi connectivity index (χ2n) is 8.60. The molecule has 1 fully saturated rings. The molecule has 9 heteroatoms. The summed E-state index contributed by atoms with van der Waals surface area (Å²) in [6, 6.07) is 12.1. The Morgan fingerprint density at radius 3 is 2.06 bits per heavy atom. The van der Waals surface area contributed by atoms with Crippen molar-refractivity contribution >= 4 is 17.6 Å². The van der Waals surface area contributed by atoms with E-state index < -0.39 is 29.9 Å². The zero-order valence-electron chi connectivity index (χ0n) is 19.7. The lowest BCUT2D eigenvalue weighted by molar-refractivity contribution is -0.143. The number of carbonyl (C=O) groups is 2. The smallest absolute Gasteiger partial charge is 0.328 e. The number of amides is 1. The summed E-state index contributed by atoms with van der Waals surface area (Å²) < 4.78 is 31.6. The second kappa shape index (κ2) is 12.2. The Balaban J connectivity index is 1.57. The molecule has 0 aliphatic carbocycles. The third-order valence-corrected chi connectivity index (χ3v) is 5.71. The lowest BCUT2D eigenvalue weighted by Crippen LogP contribution is -2.64. The van der Waals surface area contributed by atoms with Gasteiger partial charge in [-0.2, -0.15) is 0 Å². The Morgan fingerprint density at radius 2 is 1.56 bits per heavy atom. The van der Waals surface area contributed by atoms with Crippen LogP contribution < -0.4 is 16.4 Å². The number of carbonyl (C=O) groups excluding carboxylic acids is 1. The number of anilines is 1. The van der Waals surface area contributed by atoms with Crippen LogP contribution in [-0.2, 0) is 9.53 Å². The Kier molecular flexibility index (Phi) is 9.02. The number of rotatable bonds is 7. The molecule has 2 aromatic carbocycles. The van der Waals surface area contributed by atoms with Crippen molar-refractivity contribution in [3.8, 4) is 23.7 Å². The van der Waals surface area contributed by atoms with E-state index in [2.05, 4.69) is 34.3 Å². The van der Waals surface area contributed by atoms with E-state index in [0.717, 1.165) is 44.2 Å². The van der Waals surface area contributed by atoms with Gasteiger partial charge in [0.15, 0.2) is 6.04 Å². The van der Waals surface area contributed by atoms with Gasteiger partial charge in [0.2, 0.25) is 0 Å². The van der Waals surface area contributed by atoms with Crippen LogP contribution in [0.3, 0.4) is 0 Å². The van der Waals surface area contributed by atoms with Crippen LogP contribution in [0.15, 0.2) is 48.5 Å². The van der Waals surface area contributed by atoms with E-state index in [4.69, 9.17) is 10.5 Å². The minimum Gasteiger partial charge on any atom is -0.480 e. The van der Waals surface area contributed by atoms with Gasteiger partial charge in [-0.05, 0) is 80.1 Å². The molecule has 0 bridgehead atoms. The first kappa shape index (κ1) is 26.7. The number of carboxylic acids is 1. The summed E-state index contributed by atoms with van der Waals surface area (Å²) in [5.41, 5.74) is 5.49. The van der Waals surface area contributed by atoms with Crippen LogP contribution in [0.4, 0.5) is 14.5 Å². The van der Waals surface area contributed by atoms with Crippen molar-refractivity contribution in [1.29, 1.82) is 0 Å². The van der Waals surface area contributed by atoms with E-state index in [9.17, 15) is 23.5 Å². The van der Waals surface area contributed by atoms with Crippen LogP contribution >= 0.6 is 0 Å². The first-order chi connectivity index (χ1) is 17.2. The Labute approximate surface area is 208 Å². The van der Waals surface area contributed by atoms with Crippen molar-refractivity contribution in [1.82, 2.24) is 5.32 Å². The van der Waals surface area contributed by atoms with E-state index >= 15 is 0 Å². The fourth-order valence-corrected chi connectivity index (χ4v) is 3.46. The molecule has 0 radical (unpaired) electrons. The molecular formula is C27H27F2N3O4. The van der Waals surface area contributed by atoms with E-state index in [1.165, 1.54) is 12.1 Å². The molecule has 5 N–H and O–H groups in total. The molecule has 0 aromatic heterocycles. The van der Waals surface area contributed by atoms with E-state index in [1.54, 1.807) is 12.1 Å². The van der Waals surface area contributed by atoms with Gasteiger partial charge in [-0.15, -0.1) is 0 Å². The lowest BCUT2D eigenvalue weighted by Gasteiger charge is -2.30. The summed E-state index contributed by atoms with van der Waals surface area (Å²) in [5.74, 6) is 8.84. The molecule has 1 amide bonds. The Morgan fingerprint density at radius 1 is 1.03 bits per heavy atom. The second-order valence-corrected chi connectivity index (χ2v) is 8.60. The van der Waals surface area contributed by atoms with Gasteiger partial charge >= 0.3 is 5.97 Å². The predicted molar refractivity (Wildman–Crippen MR) is 132 cm³/mol. The molecule has 1 unspecified atom stereocenters.